The number of rotatable bonds is 44. The molecule has 0 aliphatic carbocycles. The summed E-state index contributed by atoms with van der Waals surface area (Å²) in [5.74, 6) is 0.457. The van der Waals surface area contributed by atoms with Crippen LogP contribution in [0.2, 0.25) is 0 Å². The van der Waals surface area contributed by atoms with E-state index in [-0.39, 0.29) is 24.2 Å². The largest absolute Gasteiger partial charge is 0.756 e. The van der Waals surface area contributed by atoms with Crippen LogP contribution in [-0.2, 0) is 78.5 Å². The highest BCUT2D eigenvalue weighted by Gasteiger charge is 2.37. The Hall–Kier alpha value is -4.08. The van der Waals surface area contributed by atoms with Gasteiger partial charge in [0.05, 0.1) is 22.0 Å². The Labute approximate surface area is 571 Å². The van der Waals surface area contributed by atoms with Crippen molar-refractivity contribution in [2.24, 2.45) is 5.73 Å². The number of nitrogens with one attached hydrogen (secondary N) is 1. The lowest BCUT2D eigenvalue weighted by atomic mass is 9.82. The number of aryl methyl sites for hydroxylation is 2. The lowest BCUT2D eigenvalue weighted by Gasteiger charge is -2.39. The predicted molar refractivity (Wildman–Crippen MR) is 376 cm³/mol. The number of Topliss-reactive ketones (excluding diaryl/α,β-unsaturated/α-hetero) is 1. The Balaban J connectivity index is 0.00000195. The number of phosphoric ester groups is 1. The van der Waals surface area contributed by atoms with Crippen LogP contribution in [-0.4, -0.2) is 98.5 Å². The van der Waals surface area contributed by atoms with Crippen molar-refractivity contribution in [1.82, 2.24) is 9.30 Å². The fourth-order valence-electron chi connectivity index (χ4n) is 13.8. The van der Waals surface area contributed by atoms with E-state index in [0.29, 0.717) is 40.7 Å². The van der Waals surface area contributed by atoms with Gasteiger partial charge in [-0.3, -0.25) is 18.7 Å². The molecule has 5 aliphatic rings. The Morgan fingerprint density at radius 1 is 0.642 bits per heavy atom. The maximum Gasteiger partial charge on any atom is 0.305 e. The third kappa shape index (κ3) is 25.6. The Morgan fingerprint density at radius 3 is 1.74 bits per heavy atom. The fourth-order valence-corrected chi connectivity index (χ4v) is 16.2. The van der Waals surface area contributed by atoms with Crippen LogP contribution in [0.5, 0.6) is 11.5 Å². The quantitative estimate of drug-likeness (QED) is 0.0104. The van der Waals surface area contributed by atoms with Crippen molar-refractivity contribution in [3.63, 3.8) is 0 Å². The van der Waals surface area contributed by atoms with Gasteiger partial charge in [0, 0.05) is 84.1 Å². The van der Waals surface area contributed by atoms with Gasteiger partial charge in [0.1, 0.15) is 41.3 Å². The van der Waals surface area contributed by atoms with E-state index in [1.54, 1.807) is 0 Å². The second-order valence-electron chi connectivity index (χ2n) is 26.6. The highest BCUT2D eigenvalue weighted by atomic mass is 32.2. The van der Waals surface area contributed by atoms with Crippen LogP contribution < -0.4 is 40.1 Å². The van der Waals surface area contributed by atoms with Crippen LogP contribution in [0.1, 0.15) is 286 Å². The molecule has 0 radical (unpaired) electrons. The van der Waals surface area contributed by atoms with Gasteiger partial charge in [0.2, 0.25) is 15.4 Å². The number of nitrogens with zero attached hydrogens (tertiary/aromatic N) is 2. The van der Waals surface area contributed by atoms with E-state index < -0.39 is 76.4 Å². The molecule has 3 aromatic rings. The number of benzene rings is 3. The summed E-state index contributed by atoms with van der Waals surface area (Å²) < 4.78 is 114. The molecule has 3 aromatic carbocycles. The van der Waals surface area contributed by atoms with Gasteiger partial charge in [0.25, 0.3) is 7.82 Å². The van der Waals surface area contributed by atoms with Crippen molar-refractivity contribution in [2.45, 2.75) is 295 Å². The molecule has 536 valence electrons. The van der Waals surface area contributed by atoms with Gasteiger partial charge in [0.15, 0.2) is 18.7 Å². The molecule has 0 aromatic heterocycles. The summed E-state index contributed by atoms with van der Waals surface area (Å²) in [4.78, 5) is 40.5. The maximum atomic E-state index is 13.9. The summed E-state index contributed by atoms with van der Waals surface area (Å²) >= 11 is 0. The summed E-state index contributed by atoms with van der Waals surface area (Å²) in [6.45, 7) is 12.5. The molecule has 95 heavy (non-hydrogen) atoms. The highest BCUT2D eigenvalue weighted by Crippen LogP contribution is 2.49. The summed E-state index contributed by atoms with van der Waals surface area (Å²) in [5.41, 5.74) is 11.6. The topological polar surface area (TPSA) is 256 Å². The van der Waals surface area contributed by atoms with Gasteiger partial charge in [-0.1, -0.05) is 208 Å². The standard InChI is InChI=1S/C68H102N3O14PS2.C4H10.C2H7N/c1-3-5-7-9-11-13-15-17-19-21-23-25-27-37-60(72)61(50-81-63(73)38-28-26-24-22-20-18-16-14-12-10-8-6-4-2)82-51-84-86(74,75)83-46-41-69-87(76,77)54-39-40-55(62(49-54)88(78,79)80)64-58-47-52-33-29-42-70-44-31-35-56(65(52)70)67(58)85-68-57-36-32-45-71-43-30-34-53(66(57)71)48-59(64)68;1-3-4-2;1-2-3/h39-40,47-49,61,69H,3-38,41-46,50-51H2,1-2H3,(H-,74,75,78,79,80);3-4H2,1-2H3;2-3H2,1H3/p-1. The van der Waals surface area contributed by atoms with E-state index in [9.17, 15) is 40.4 Å². The number of fused-ring (bicyclic) bond motifs is 4. The van der Waals surface area contributed by atoms with Crippen LogP contribution in [0.4, 0.5) is 5.69 Å². The minimum absolute atomic E-state index is 0.0627. The number of esters is 1. The van der Waals surface area contributed by atoms with Crippen molar-refractivity contribution in [3.8, 4) is 11.5 Å². The molecule has 3 N–H and O–H groups in total. The summed E-state index contributed by atoms with van der Waals surface area (Å²) in [7, 11) is -15.1. The fraction of sp³-hybridized carbons (Fsp3) is 0.716. The van der Waals surface area contributed by atoms with Crippen LogP contribution in [0.25, 0.3) is 5.57 Å². The average molecular weight is 1380 g/mol. The van der Waals surface area contributed by atoms with Gasteiger partial charge in [-0.25, -0.2) is 26.1 Å². The monoisotopic (exact) mass is 1380 g/mol. The van der Waals surface area contributed by atoms with Gasteiger partial charge in [-0.15, -0.1) is 0 Å². The first-order chi connectivity index (χ1) is 45.9. The molecule has 21 heteroatoms. The van der Waals surface area contributed by atoms with Gasteiger partial charge >= 0.3 is 5.97 Å². The molecule has 0 saturated carbocycles. The van der Waals surface area contributed by atoms with Crippen LogP contribution in [0.3, 0.4) is 0 Å². The average Bonchev–Trinajstić information content (AvgIpc) is 0.710. The first kappa shape index (κ1) is 79.9. The van der Waals surface area contributed by atoms with Gasteiger partial charge < -0.3 is 38.8 Å². The second-order valence-corrected chi connectivity index (χ2v) is 31.1. The van der Waals surface area contributed by atoms with Crippen molar-refractivity contribution in [2.75, 3.05) is 64.2 Å². The zero-order valence-electron chi connectivity index (χ0n) is 58.6. The van der Waals surface area contributed by atoms with E-state index in [2.05, 4.69) is 54.0 Å². The lowest BCUT2D eigenvalue weighted by Crippen LogP contribution is -2.45. The SMILES string of the molecule is CCCC.CCCCCCCCCCCCCCCC(=O)OCC(OCOP(=O)([O-])OCCNS(=O)(=O)c1ccc(C2=c3cc4c5c(c3Oc3c2cc2c6c3CCCN6CCC2)CCC[N+]=5CCC4)c(S(=O)(=O)[O-])c1)C(=O)CCCCCCCCCCCCCCC.CCN. The van der Waals surface area contributed by atoms with Crippen molar-refractivity contribution in [3.05, 3.63) is 74.3 Å². The molecule has 2 atom stereocenters. The number of nitrogens with two attached hydrogens (primary N) is 1. The normalized spacial score (nSPS) is 15.6. The molecule has 0 bridgehead atoms. The van der Waals surface area contributed by atoms with E-state index in [4.69, 9.17) is 29.0 Å². The first-order valence-electron chi connectivity index (χ1n) is 37.1. The molecule has 2 unspecified atom stereocenters. The molecular formula is C74H118N4O14PS2-. The predicted octanol–water partition coefficient (Wildman–Crippen LogP) is 14.0. The number of ether oxygens (including phenoxy) is 3. The highest BCUT2D eigenvalue weighted by molar-refractivity contribution is 7.89. The van der Waals surface area contributed by atoms with E-state index >= 15 is 0 Å². The zero-order valence-corrected chi connectivity index (χ0v) is 61.2. The number of hydrogen-bond donors (Lipinski definition) is 2. The number of anilines is 1. The van der Waals surface area contributed by atoms with Crippen LogP contribution in [0.15, 0.2) is 40.1 Å². The second kappa shape index (κ2) is 42.8. The molecule has 5 aliphatic heterocycles. The molecular weight excluding hydrogens is 1260 g/mol. The number of carbonyl (C=O) groups excluding carboxylic acids is 2. The third-order valence-electron chi connectivity index (χ3n) is 18.9. The number of unbranched alkanes of at least 4 members (excludes halogenated alkanes) is 25. The van der Waals surface area contributed by atoms with Crippen molar-refractivity contribution < 1.29 is 63.7 Å². The molecule has 0 fully saturated rings. The van der Waals surface area contributed by atoms with Crippen molar-refractivity contribution >= 4 is 51.0 Å². The van der Waals surface area contributed by atoms with Gasteiger partial charge in [-0.2, -0.15) is 0 Å². The number of phosphoric acid groups is 1. The third-order valence-corrected chi connectivity index (χ3v) is 22.1. The zero-order chi connectivity index (χ0) is 68.5. The Kier molecular flexibility index (Phi) is 36.0. The number of carbonyl (C=O) groups is 2. The van der Waals surface area contributed by atoms with Crippen LogP contribution >= 0.6 is 7.82 Å². The minimum atomic E-state index is -5.33. The van der Waals surface area contributed by atoms with E-state index in [0.717, 1.165) is 168 Å². The van der Waals surface area contributed by atoms with E-state index in [1.165, 1.54) is 134 Å². The maximum absolute atomic E-state index is 13.9. The summed E-state index contributed by atoms with van der Waals surface area (Å²) in [5, 5.41) is 1.83. The Morgan fingerprint density at radius 2 is 1.17 bits per heavy atom. The smallest absolute Gasteiger partial charge is 0.305 e. The molecule has 0 amide bonds. The summed E-state index contributed by atoms with van der Waals surface area (Å²) in [6.07, 6.45) is 38.6. The Bertz CT molecular complexity index is 3280. The lowest BCUT2D eigenvalue weighted by molar-refractivity contribution is -0.235. The first-order valence-corrected chi connectivity index (χ1v) is 41.4. The summed E-state index contributed by atoms with van der Waals surface area (Å²) in [6, 6.07) is 7.62. The molecule has 0 saturated heterocycles. The number of hydrogen-bond acceptors (Lipinski definition) is 16. The van der Waals surface area contributed by atoms with Crippen LogP contribution in [0, 0.1) is 0 Å². The molecule has 5 heterocycles. The molecule has 8 rings (SSSR count). The van der Waals surface area contributed by atoms with Gasteiger partial charge in [-0.05, 0) is 87.7 Å². The number of ketones is 1. The number of sulfonamides is 1. The molecule has 18 nitrogen and oxygen atoms in total. The minimum Gasteiger partial charge on any atom is -0.756 e. The van der Waals surface area contributed by atoms with Crippen molar-refractivity contribution in [1.29, 1.82) is 0 Å². The van der Waals surface area contributed by atoms with E-state index in [1.807, 2.05) is 6.92 Å². The molecule has 0 spiro atoms.